The highest BCUT2D eigenvalue weighted by Gasteiger charge is 2.29. The summed E-state index contributed by atoms with van der Waals surface area (Å²) in [6, 6.07) is 13.6. The van der Waals surface area contributed by atoms with Crippen LogP contribution in [0.5, 0.6) is 0 Å². The molecule has 0 radical (unpaired) electrons. The summed E-state index contributed by atoms with van der Waals surface area (Å²) >= 11 is 1.50. The molecule has 0 bridgehead atoms. The maximum absolute atomic E-state index is 13.3. The van der Waals surface area contributed by atoms with Crippen molar-refractivity contribution in [2.45, 2.75) is 38.4 Å². The van der Waals surface area contributed by atoms with Gasteiger partial charge in [-0.2, -0.15) is 5.10 Å². The van der Waals surface area contributed by atoms with Gasteiger partial charge in [0, 0.05) is 17.9 Å². The number of carbonyl (C=O) groups is 1. The van der Waals surface area contributed by atoms with E-state index in [0.29, 0.717) is 21.9 Å². The third kappa shape index (κ3) is 3.71. The standard InChI is InChI=1S/C24H23N5O2S/c1-14-5-4-6-18(10-14)29-22-20(12-25-29)23(31)28-19(13-32-24(28)27-22)11-21(30)26-17-8-15(2)7-16(3)9-17/h4-10,12,19H,11,13H2,1-3H3,(H,26,30). The number of rotatable bonds is 4. The molecule has 0 saturated carbocycles. The number of thioether (sulfide) groups is 1. The third-order valence-corrected chi connectivity index (χ3v) is 6.64. The van der Waals surface area contributed by atoms with Crippen molar-refractivity contribution >= 4 is 34.4 Å². The fourth-order valence-corrected chi connectivity index (χ4v) is 5.33. The number of fused-ring (bicyclic) bond motifs is 2. The molecule has 0 saturated heterocycles. The van der Waals surface area contributed by atoms with Crippen molar-refractivity contribution in [3.63, 3.8) is 0 Å². The van der Waals surface area contributed by atoms with E-state index in [9.17, 15) is 9.59 Å². The first kappa shape index (κ1) is 20.5. The largest absolute Gasteiger partial charge is 0.326 e. The van der Waals surface area contributed by atoms with E-state index in [1.165, 1.54) is 11.8 Å². The van der Waals surface area contributed by atoms with Crippen LogP contribution in [0, 0.1) is 20.8 Å². The van der Waals surface area contributed by atoms with Gasteiger partial charge in [-0.15, -0.1) is 0 Å². The molecule has 4 aromatic rings. The Morgan fingerprint density at radius 1 is 1.12 bits per heavy atom. The minimum absolute atomic E-state index is 0.115. The summed E-state index contributed by atoms with van der Waals surface area (Å²) in [7, 11) is 0. The molecule has 162 valence electrons. The lowest BCUT2D eigenvalue weighted by molar-refractivity contribution is -0.116. The van der Waals surface area contributed by atoms with Crippen LogP contribution < -0.4 is 10.9 Å². The van der Waals surface area contributed by atoms with Crippen molar-refractivity contribution in [2.24, 2.45) is 0 Å². The predicted molar refractivity (Wildman–Crippen MR) is 127 cm³/mol. The second kappa shape index (κ2) is 7.94. The van der Waals surface area contributed by atoms with E-state index >= 15 is 0 Å². The first-order valence-electron chi connectivity index (χ1n) is 10.5. The minimum Gasteiger partial charge on any atom is -0.326 e. The average Bonchev–Trinajstić information content (AvgIpc) is 3.32. The molecule has 7 nitrogen and oxygen atoms in total. The van der Waals surface area contributed by atoms with Crippen molar-refractivity contribution in [2.75, 3.05) is 11.1 Å². The molecule has 5 rings (SSSR count). The van der Waals surface area contributed by atoms with Crippen LogP contribution in [0.3, 0.4) is 0 Å². The van der Waals surface area contributed by atoms with Crippen LogP contribution >= 0.6 is 11.8 Å². The molecule has 1 atom stereocenters. The highest BCUT2D eigenvalue weighted by molar-refractivity contribution is 7.99. The molecule has 2 aromatic heterocycles. The van der Waals surface area contributed by atoms with Crippen molar-refractivity contribution in [3.05, 3.63) is 75.7 Å². The van der Waals surface area contributed by atoms with E-state index in [1.54, 1.807) is 15.4 Å². The molecule has 8 heteroatoms. The molecule has 1 unspecified atom stereocenters. The summed E-state index contributed by atoms with van der Waals surface area (Å²) < 4.78 is 3.35. The molecule has 0 spiro atoms. The fraction of sp³-hybridized carbons (Fsp3) is 0.250. The van der Waals surface area contributed by atoms with Crippen molar-refractivity contribution in [1.29, 1.82) is 0 Å². The van der Waals surface area contributed by atoms with Gasteiger partial charge in [0.25, 0.3) is 5.56 Å². The smallest absolute Gasteiger partial charge is 0.265 e. The lowest BCUT2D eigenvalue weighted by atomic mass is 10.1. The molecule has 1 N–H and O–H groups in total. The molecular weight excluding hydrogens is 422 g/mol. The number of amides is 1. The molecule has 0 aliphatic carbocycles. The van der Waals surface area contributed by atoms with Crippen LogP contribution in [0.4, 0.5) is 5.69 Å². The zero-order valence-corrected chi connectivity index (χ0v) is 18.9. The SMILES string of the molecule is Cc1cc(C)cc(NC(=O)CC2CSc3nc4c(cnn4-c4cccc(C)c4)c(=O)n32)c1. The molecule has 32 heavy (non-hydrogen) atoms. The number of hydrogen-bond acceptors (Lipinski definition) is 5. The Bertz CT molecular complexity index is 1400. The van der Waals surface area contributed by atoms with Crippen LogP contribution in [0.2, 0.25) is 0 Å². The Morgan fingerprint density at radius 2 is 1.91 bits per heavy atom. The van der Waals surface area contributed by atoms with Crippen LogP contribution in [-0.4, -0.2) is 31.0 Å². The number of anilines is 1. The number of nitrogens with zero attached hydrogens (tertiary/aromatic N) is 4. The van der Waals surface area contributed by atoms with Gasteiger partial charge < -0.3 is 5.32 Å². The van der Waals surface area contributed by atoms with E-state index in [-0.39, 0.29) is 23.9 Å². The number of hydrogen-bond donors (Lipinski definition) is 1. The average molecular weight is 446 g/mol. The van der Waals surface area contributed by atoms with Gasteiger partial charge in [0.15, 0.2) is 10.8 Å². The Labute approximate surface area is 189 Å². The van der Waals surface area contributed by atoms with E-state index in [1.807, 2.05) is 57.2 Å². The highest BCUT2D eigenvalue weighted by Crippen LogP contribution is 2.33. The number of nitrogens with one attached hydrogen (secondary N) is 1. The first-order chi connectivity index (χ1) is 15.4. The minimum atomic E-state index is -0.243. The lowest BCUT2D eigenvalue weighted by Crippen LogP contribution is -2.27. The predicted octanol–water partition coefficient (Wildman–Crippen LogP) is 4.18. The molecule has 1 aliphatic rings. The fourth-order valence-electron chi connectivity index (χ4n) is 4.20. The summed E-state index contributed by atoms with van der Waals surface area (Å²) in [5.41, 5.74) is 5.32. The second-order valence-electron chi connectivity index (χ2n) is 8.30. The Hall–Kier alpha value is -3.39. The van der Waals surface area contributed by atoms with Gasteiger partial charge in [-0.3, -0.25) is 14.2 Å². The maximum Gasteiger partial charge on any atom is 0.265 e. The van der Waals surface area contributed by atoms with Crippen molar-refractivity contribution in [1.82, 2.24) is 19.3 Å². The number of benzene rings is 2. The first-order valence-corrected chi connectivity index (χ1v) is 11.5. The molecule has 1 amide bonds. The van der Waals surface area contributed by atoms with Crippen molar-refractivity contribution in [3.8, 4) is 5.69 Å². The van der Waals surface area contributed by atoms with Crippen LogP contribution in [-0.2, 0) is 4.79 Å². The Balaban J connectivity index is 1.44. The summed E-state index contributed by atoms with van der Waals surface area (Å²) in [5, 5.41) is 8.47. The van der Waals surface area contributed by atoms with Gasteiger partial charge in [0.1, 0.15) is 5.39 Å². The van der Waals surface area contributed by atoms with E-state index in [4.69, 9.17) is 4.98 Å². The molecule has 3 heterocycles. The lowest BCUT2D eigenvalue weighted by Gasteiger charge is -2.14. The Morgan fingerprint density at radius 3 is 2.66 bits per heavy atom. The van der Waals surface area contributed by atoms with Crippen LogP contribution in [0.1, 0.15) is 29.2 Å². The summed E-state index contributed by atoms with van der Waals surface area (Å²) in [6.07, 6.45) is 1.78. The summed E-state index contributed by atoms with van der Waals surface area (Å²) in [5.74, 6) is 0.517. The van der Waals surface area contributed by atoms with E-state index in [2.05, 4.69) is 16.5 Å². The molecule has 2 aromatic carbocycles. The number of aromatic nitrogens is 4. The van der Waals surface area contributed by atoms with E-state index < -0.39 is 0 Å². The summed E-state index contributed by atoms with van der Waals surface area (Å²) in [6.45, 7) is 6.01. The molecule has 0 fully saturated rings. The zero-order valence-electron chi connectivity index (χ0n) is 18.1. The topological polar surface area (TPSA) is 81.8 Å². The zero-order chi connectivity index (χ0) is 22.4. The van der Waals surface area contributed by atoms with Gasteiger partial charge >= 0.3 is 0 Å². The number of aryl methyl sites for hydroxylation is 3. The van der Waals surface area contributed by atoms with Gasteiger partial charge in [0.2, 0.25) is 5.91 Å². The summed E-state index contributed by atoms with van der Waals surface area (Å²) in [4.78, 5) is 30.8. The van der Waals surface area contributed by atoms with Gasteiger partial charge in [0.05, 0.1) is 17.9 Å². The van der Waals surface area contributed by atoms with Crippen LogP contribution in [0.15, 0.2) is 58.6 Å². The third-order valence-electron chi connectivity index (χ3n) is 5.54. The van der Waals surface area contributed by atoms with Gasteiger partial charge in [-0.05, 0) is 61.7 Å². The number of carbonyl (C=O) groups excluding carboxylic acids is 1. The van der Waals surface area contributed by atoms with E-state index in [0.717, 1.165) is 28.1 Å². The second-order valence-corrected chi connectivity index (χ2v) is 9.28. The van der Waals surface area contributed by atoms with Crippen molar-refractivity contribution < 1.29 is 4.79 Å². The molecular formula is C24H23N5O2S. The normalized spacial score (nSPS) is 15.2. The maximum atomic E-state index is 13.3. The Kier molecular flexibility index (Phi) is 5.09. The quantitative estimate of drug-likeness (QED) is 0.477. The monoisotopic (exact) mass is 445 g/mol. The highest BCUT2D eigenvalue weighted by atomic mass is 32.2. The molecule has 1 aliphatic heterocycles. The van der Waals surface area contributed by atoms with Gasteiger partial charge in [-0.25, -0.2) is 9.67 Å². The van der Waals surface area contributed by atoms with Gasteiger partial charge in [-0.1, -0.05) is 30.0 Å². The van der Waals surface area contributed by atoms with Crippen LogP contribution in [0.25, 0.3) is 16.7 Å².